The molecule has 0 aromatic carbocycles. The molecular formula is C15H24N2O. The van der Waals surface area contributed by atoms with Gasteiger partial charge in [-0.25, -0.2) is 0 Å². The molecule has 18 heavy (non-hydrogen) atoms. The maximum absolute atomic E-state index is 6.00. The van der Waals surface area contributed by atoms with Crippen molar-refractivity contribution in [3.63, 3.8) is 0 Å². The van der Waals surface area contributed by atoms with Crippen molar-refractivity contribution in [1.82, 2.24) is 4.98 Å². The Morgan fingerprint density at radius 1 is 1.28 bits per heavy atom. The monoisotopic (exact) mass is 248 g/mol. The lowest BCUT2D eigenvalue weighted by molar-refractivity contribution is 0.183. The van der Waals surface area contributed by atoms with E-state index in [2.05, 4.69) is 11.9 Å². The van der Waals surface area contributed by atoms with Gasteiger partial charge >= 0.3 is 0 Å². The second-order valence-corrected chi connectivity index (χ2v) is 5.16. The van der Waals surface area contributed by atoms with Crippen molar-refractivity contribution in [2.24, 2.45) is 5.73 Å². The number of nitrogens with two attached hydrogens (primary N) is 1. The number of hydrogen-bond donors (Lipinski definition) is 1. The molecule has 1 aliphatic rings. The third kappa shape index (κ3) is 3.70. The zero-order valence-corrected chi connectivity index (χ0v) is 11.3. The molecule has 100 valence electrons. The predicted molar refractivity (Wildman–Crippen MR) is 73.6 cm³/mol. The Hall–Kier alpha value is -1.09. The normalized spacial score (nSPS) is 19.2. The van der Waals surface area contributed by atoms with Gasteiger partial charge in [-0.1, -0.05) is 19.8 Å². The molecule has 1 saturated carbocycles. The van der Waals surface area contributed by atoms with Gasteiger partial charge in [0.05, 0.1) is 18.0 Å². The molecule has 0 radical (unpaired) electrons. The van der Waals surface area contributed by atoms with Crippen LogP contribution in [0.1, 0.15) is 63.6 Å². The molecule has 1 aromatic rings. The number of nitrogens with zero attached hydrogens (tertiary/aromatic N) is 1. The van der Waals surface area contributed by atoms with E-state index in [4.69, 9.17) is 10.5 Å². The van der Waals surface area contributed by atoms with Gasteiger partial charge in [-0.2, -0.15) is 0 Å². The maximum atomic E-state index is 6.00. The smallest absolute Gasteiger partial charge is 0.138 e. The lowest BCUT2D eigenvalue weighted by Gasteiger charge is -2.17. The highest BCUT2D eigenvalue weighted by Gasteiger charge is 2.14. The van der Waals surface area contributed by atoms with Crippen molar-refractivity contribution >= 4 is 0 Å². The molecular weight excluding hydrogens is 224 g/mol. The quantitative estimate of drug-likeness (QED) is 0.828. The fourth-order valence-electron chi connectivity index (χ4n) is 2.44. The standard InChI is InChI=1S/C15H24N2O/c1-2-14(16)15-10-9-13(11-17-15)18-12-7-5-3-4-6-8-12/h9-12,14H,2-8,16H2,1H3/t14-/m1/s1. The number of rotatable bonds is 4. The van der Waals surface area contributed by atoms with Crippen LogP contribution in [-0.4, -0.2) is 11.1 Å². The van der Waals surface area contributed by atoms with Gasteiger partial charge in [0.15, 0.2) is 0 Å². The second-order valence-electron chi connectivity index (χ2n) is 5.16. The van der Waals surface area contributed by atoms with Crippen LogP contribution in [0, 0.1) is 0 Å². The average molecular weight is 248 g/mol. The van der Waals surface area contributed by atoms with Crippen LogP contribution in [0.4, 0.5) is 0 Å². The van der Waals surface area contributed by atoms with Gasteiger partial charge in [-0.15, -0.1) is 0 Å². The van der Waals surface area contributed by atoms with Crippen molar-refractivity contribution in [3.8, 4) is 5.75 Å². The Kier molecular flexibility index (Phi) is 5.00. The summed E-state index contributed by atoms with van der Waals surface area (Å²) in [5.74, 6) is 0.883. The van der Waals surface area contributed by atoms with Crippen LogP contribution in [0.3, 0.4) is 0 Å². The molecule has 0 amide bonds. The Morgan fingerprint density at radius 2 is 2.00 bits per heavy atom. The van der Waals surface area contributed by atoms with Crippen LogP contribution >= 0.6 is 0 Å². The molecule has 2 rings (SSSR count). The molecule has 1 atom stereocenters. The topological polar surface area (TPSA) is 48.1 Å². The van der Waals surface area contributed by atoms with E-state index in [1.54, 1.807) is 0 Å². The number of hydrogen-bond acceptors (Lipinski definition) is 3. The van der Waals surface area contributed by atoms with E-state index >= 15 is 0 Å². The lowest BCUT2D eigenvalue weighted by atomic mass is 10.1. The molecule has 0 bridgehead atoms. The summed E-state index contributed by atoms with van der Waals surface area (Å²) >= 11 is 0. The SMILES string of the molecule is CC[C@@H](N)c1ccc(OC2CCCCCC2)cn1. The largest absolute Gasteiger partial charge is 0.489 e. The Bertz CT molecular complexity index is 342. The second kappa shape index (κ2) is 6.74. The summed E-state index contributed by atoms with van der Waals surface area (Å²) in [7, 11) is 0. The van der Waals surface area contributed by atoms with E-state index in [9.17, 15) is 0 Å². The average Bonchev–Trinajstić information content (AvgIpc) is 2.67. The minimum Gasteiger partial charge on any atom is -0.489 e. The van der Waals surface area contributed by atoms with Gasteiger partial charge in [0.25, 0.3) is 0 Å². The fraction of sp³-hybridized carbons (Fsp3) is 0.667. The molecule has 0 unspecified atom stereocenters. The van der Waals surface area contributed by atoms with Crippen LogP contribution in [0.5, 0.6) is 5.75 Å². The molecule has 3 heteroatoms. The van der Waals surface area contributed by atoms with Crippen LogP contribution in [0.15, 0.2) is 18.3 Å². The first kappa shape index (κ1) is 13.3. The summed E-state index contributed by atoms with van der Waals surface area (Å²) in [5, 5.41) is 0. The van der Waals surface area contributed by atoms with Gasteiger partial charge in [-0.3, -0.25) is 4.98 Å². The zero-order valence-electron chi connectivity index (χ0n) is 11.3. The van der Waals surface area contributed by atoms with E-state index in [1.165, 1.54) is 38.5 Å². The van der Waals surface area contributed by atoms with E-state index in [0.717, 1.165) is 17.9 Å². The van der Waals surface area contributed by atoms with Gasteiger partial charge in [0.1, 0.15) is 5.75 Å². The molecule has 1 heterocycles. The van der Waals surface area contributed by atoms with Crippen molar-refractivity contribution in [2.45, 2.75) is 64.0 Å². The first-order valence-electron chi connectivity index (χ1n) is 7.17. The summed E-state index contributed by atoms with van der Waals surface area (Å²) in [6.45, 7) is 2.07. The molecule has 3 nitrogen and oxygen atoms in total. The highest BCUT2D eigenvalue weighted by molar-refractivity contribution is 5.21. The minimum absolute atomic E-state index is 0.0388. The van der Waals surface area contributed by atoms with E-state index < -0.39 is 0 Å². The van der Waals surface area contributed by atoms with Crippen LogP contribution < -0.4 is 10.5 Å². The number of aromatic nitrogens is 1. The fourth-order valence-corrected chi connectivity index (χ4v) is 2.44. The molecule has 0 saturated heterocycles. The van der Waals surface area contributed by atoms with Gasteiger partial charge in [0.2, 0.25) is 0 Å². The Morgan fingerprint density at radius 3 is 2.56 bits per heavy atom. The molecule has 0 aliphatic heterocycles. The van der Waals surface area contributed by atoms with E-state index in [1.807, 2.05) is 18.3 Å². The van der Waals surface area contributed by atoms with Gasteiger partial charge in [-0.05, 0) is 44.2 Å². The van der Waals surface area contributed by atoms with E-state index in [0.29, 0.717) is 6.10 Å². The first-order chi connectivity index (χ1) is 8.79. The van der Waals surface area contributed by atoms with Crippen LogP contribution in [0.2, 0.25) is 0 Å². The molecule has 1 aromatic heterocycles. The third-order valence-corrected chi connectivity index (χ3v) is 3.68. The van der Waals surface area contributed by atoms with Crippen LogP contribution in [-0.2, 0) is 0 Å². The van der Waals surface area contributed by atoms with E-state index in [-0.39, 0.29) is 6.04 Å². The highest BCUT2D eigenvalue weighted by Crippen LogP contribution is 2.23. The lowest BCUT2D eigenvalue weighted by Crippen LogP contribution is -2.15. The Labute approximate surface area is 110 Å². The minimum atomic E-state index is 0.0388. The summed E-state index contributed by atoms with van der Waals surface area (Å²) in [4.78, 5) is 4.39. The molecule has 0 spiro atoms. The summed E-state index contributed by atoms with van der Waals surface area (Å²) in [6.07, 6.45) is 10.7. The van der Waals surface area contributed by atoms with Crippen molar-refractivity contribution in [3.05, 3.63) is 24.0 Å². The van der Waals surface area contributed by atoms with Crippen molar-refractivity contribution in [2.75, 3.05) is 0 Å². The molecule has 1 aliphatic carbocycles. The predicted octanol–water partition coefficient (Wildman–Crippen LogP) is 3.59. The number of ether oxygens (including phenoxy) is 1. The van der Waals surface area contributed by atoms with Crippen LogP contribution in [0.25, 0.3) is 0 Å². The van der Waals surface area contributed by atoms with Gasteiger partial charge < -0.3 is 10.5 Å². The summed E-state index contributed by atoms with van der Waals surface area (Å²) in [5.41, 5.74) is 6.90. The number of pyridine rings is 1. The van der Waals surface area contributed by atoms with Crippen molar-refractivity contribution in [1.29, 1.82) is 0 Å². The van der Waals surface area contributed by atoms with Crippen molar-refractivity contribution < 1.29 is 4.74 Å². The highest BCUT2D eigenvalue weighted by atomic mass is 16.5. The third-order valence-electron chi connectivity index (χ3n) is 3.68. The molecule has 2 N–H and O–H groups in total. The summed E-state index contributed by atoms with van der Waals surface area (Å²) < 4.78 is 6.00. The first-order valence-corrected chi connectivity index (χ1v) is 7.17. The van der Waals surface area contributed by atoms with Gasteiger partial charge in [0, 0.05) is 6.04 Å². The Balaban J connectivity index is 1.92. The zero-order chi connectivity index (χ0) is 12.8. The summed E-state index contributed by atoms with van der Waals surface area (Å²) in [6, 6.07) is 4.03. The molecule has 1 fully saturated rings. The maximum Gasteiger partial charge on any atom is 0.138 e.